The van der Waals surface area contributed by atoms with Crippen molar-refractivity contribution in [1.29, 1.82) is 0 Å². The van der Waals surface area contributed by atoms with Crippen LogP contribution in [0.3, 0.4) is 0 Å². The summed E-state index contributed by atoms with van der Waals surface area (Å²) in [4.78, 5) is 0.253. The summed E-state index contributed by atoms with van der Waals surface area (Å²) >= 11 is 1.59. The Morgan fingerprint density at radius 1 is 1.45 bits per heavy atom. The largest absolute Gasteiger partial charge is 0.396 e. The average Bonchev–Trinajstić information content (AvgIpc) is 2.61. The first-order chi connectivity index (χ1) is 9.33. The number of aliphatic hydroxyl groups is 1. The molecule has 0 bridgehead atoms. The summed E-state index contributed by atoms with van der Waals surface area (Å²) in [7, 11) is -3.56. The van der Waals surface area contributed by atoms with Crippen LogP contribution in [0.1, 0.15) is 24.7 Å². The molecular formula is C12H23N3O3S2. The van der Waals surface area contributed by atoms with E-state index in [-0.39, 0.29) is 17.5 Å². The van der Waals surface area contributed by atoms with Crippen molar-refractivity contribution < 1.29 is 13.5 Å². The molecule has 0 fully saturated rings. The molecule has 0 aliphatic heterocycles. The van der Waals surface area contributed by atoms with Crippen molar-refractivity contribution >= 4 is 21.8 Å². The molecule has 0 radical (unpaired) electrons. The van der Waals surface area contributed by atoms with Crippen molar-refractivity contribution in [2.24, 2.45) is 0 Å². The highest BCUT2D eigenvalue weighted by Gasteiger charge is 2.25. The van der Waals surface area contributed by atoms with Gasteiger partial charge in [-0.1, -0.05) is 0 Å². The molecule has 8 heteroatoms. The van der Waals surface area contributed by atoms with Gasteiger partial charge in [-0.3, -0.25) is 4.68 Å². The number of aryl methyl sites for hydroxylation is 2. The van der Waals surface area contributed by atoms with E-state index in [1.54, 1.807) is 30.3 Å². The fourth-order valence-corrected chi connectivity index (χ4v) is 4.46. The molecule has 1 rings (SSSR count). The Morgan fingerprint density at radius 3 is 2.65 bits per heavy atom. The minimum atomic E-state index is -3.56. The van der Waals surface area contributed by atoms with Crippen LogP contribution in [0.15, 0.2) is 4.90 Å². The molecule has 0 spiro atoms. The van der Waals surface area contributed by atoms with E-state index in [0.29, 0.717) is 24.4 Å². The number of aliphatic hydroxyl groups excluding tert-OH is 1. The molecule has 1 aromatic heterocycles. The monoisotopic (exact) mass is 321 g/mol. The molecule has 0 aromatic carbocycles. The molecule has 1 unspecified atom stereocenters. The number of nitrogens with zero attached hydrogens (tertiary/aromatic N) is 2. The van der Waals surface area contributed by atoms with E-state index in [0.717, 1.165) is 5.75 Å². The molecule has 0 aliphatic rings. The van der Waals surface area contributed by atoms with E-state index in [4.69, 9.17) is 5.11 Å². The zero-order chi connectivity index (χ0) is 15.3. The van der Waals surface area contributed by atoms with Gasteiger partial charge in [0.05, 0.1) is 11.4 Å². The van der Waals surface area contributed by atoms with Crippen LogP contribution < -0.4 is 4.72 Å². The van der Waals surface area contributed by atoms with Gasteiger partial charge in [0.1, 0.15) is 4.90 Å². The lowest BCUT2D eigenvalue weighted by atomic mass is 10.4. The summed E-state index contributed by atoms with van der Waals surface area (Å²) in [6.45, 7) is 5.85. The molecule has 1 aromatic rings. The van der Waals surface area contributed by atoms with Crippen molar-refractivity contribution in [1.82, 2.24) is 14.5 Å². The van der Waals surface area contributed by atoms with E-state index < -0.39 is 10.0 Å². The normalized spacial score (nSPS) is 13.7. The third-order valence-corrected chi connectivity index (χ3v) is 5.56. The first-order valence-corrected chi connectivity index (χ1v) is 9.37. The van der Waals surface area contributed by atoms with Crippen molar-refractivity contribution in [3.8, 4) is 0 Å². The molecule has 6 nitrogen and oxygen atoms in total. The van der Waals surface area contributed by atoms with Gasteiger partial charge in [-0.2, -0.15) is 16.9 Å². The maximum absolute atomic E-state index is 12.4. The van der Waals surface area contributed by atoms with Crippen molar-refractivity contribution in [2.45, 2.75) is 44.7 Å². The summed E-state index contributed by atoms with van der Waals surface area (Å²) in [5, 5.41) is 13.1. The van der Waals surface area contributed by atoms with E-state index >= 15 is 0 Å². The topological polar surface area (TPSA) is 84.2 Å². The standard InChI is InChI=1S/C12H23N3O3S2/c1-9(8-19-4)14-20(17,18)12-10(2)13-15(11(12)3)6-5-7-16/h9,14,16H,5-8H2,1-4H3. The molecular weight excluding hydrogens is 298 g/mol. The predicted octanol–water partition coefficient (Wildman–Crippen LogP) is 0.912. The van der Waals surface area contributed by atoms with E-state index in [1.165, 1.54) is 0 Å². The van der Waals surface area contributed by atoms with E-state index in [9.17, 15) is 8.42 Å². The lowest BCUT2D eigenvalue weighted by molar-refractivity contribution is 0.276. The van der Waals surface area contributed by atoms with Gasteiger partial charge in [0, 0.05) is 24.9 Å². The fourth-order valence-electron chi connectivity index (χ4n) is 2.12. The molecule has 0 saturated carbocycles. The minimum Gasteiger partial charge on any atom is -0.396 e. The zero-order valence-electron chi connectivity index (χ0n) is 12.4. The maximum Gasteiger partial charge on any atom is 0.244 e. The van der Waals surface area contributed by atoms with Crippen LogP contribution in [0, 0.1) is 13.8 Å². The summed E-state index contributed by atoms with van der Waals surface area (Å²) in [6.07, 6.45) is 2.49. The second-order valence-electron chi connectivity index (χ2n) is 4.78. The molecule has 1 heterocycles. The van der Waals surface area contributed by atoms with Gasteiger partial charge in [-0.05, 0) is 33.4 Å². The van der Waals surface area contributed by atoms with Gasteiger partial charge in [0.25, 0.3) is 0 Å². The highest BCUT2D eigenvalue weighted by molar-refractivity contribution is 7.98. The van der Waals surface area contributed by atoms with Gasteiger partial charge in [0.15, 0.2) is 0 Å². The second kappa shape index (κ2) is 7.44. The minimum absolute atomic E-state index is 0.0590. The fraction of sp³-hybridized carbons (Fsp3) is 0.750. The highest BCUT2D eigenvalue weighted by Crippen LogP contribution is 2.20. The van der Waals surface area contributed by atoms with Crippen molar-refractivity contribution in [3.63, 3.8) is 0 Å². The molecule has 1 atom stereocenters. The molecule has 2 N–H and O–H groups in total. The third kappa shape index (κ3) is 4.21. The van der Waals surface area contributed by atoms with Gasteiger partial charge >= 0.3 is 0 Å². The Hall–Kier alpha value is -0.570. The summed E-state index contributed by atoms with van der Waals surface area (Å²) in [5.74, 6) is 0.718. The molecule has 20 heavy (non-hydrogen) atoms. The van der Waals surface area contributed by atoms with Crippen LogP contribution >= 0.6 is 11.8 Å². The maximum atomic E-state index is 12.4. The quantitative estimate of drug-likeness (QED) is 0.743. The highest BCUT2D eigenvalue weighted by atomic mass is 32.2. The van der Waals surface area contributed by atoms with Crippen LogP contribution in [0.4, 0.5) is 0 Å². The zero-order valence-corrected chi connectivity index (χ0v) is 14.0. The lowest BCUT2D eigenvalue weighted by Crippen LogP contribution is -2.34. The first-order valence-electron chi connectivity index (χ1n) is 6.49. The number of hydrogen-bond acceptors (Lipinski definition) is 5. The molecule has 0 aliphatic carbocycles. The average molecular weight is 321 g/mol. The summed E-state index contributed by atoms with van der Waals surface area (Å²) < 4.78 is 29.2. The van der Waals surface area contributed by atoms with Crippen molar-refractivity contribution in [2.75, 3.05) is 18.6 Å². The second-order valence-corrected chi connectivity index (χ2v) is 7.34. The van der Waals surface area contributed by atoms with Gasteiger partial charge < -0.3 is 5.11 Å². The predicted molar refractivity (Wildman–Crippen MR) is 81.6 cm³/mol. The smallest absolute Gasteiger partial charge is 0.244 e. The summed E-state index contributed by atoms with van der Waals surface area (Å²) in [6, 6.07) is -0.130. The molecule has 116 valence electrons. The number of hydrogen-bond donors (Lipinski definition) is 2. The number of thioether (sulfide) groups is 1. The van der Waals surface area contributed by atoms with Gasteiger partial charge in [0.2, 0.25) is 10.0 Å². The number of rotatable bonds is 8. The van der Waals surface area contributed by atoms with E-state index in [2.05, 4.69) is 9.82 Å². The van der Waals surface area contributed by atoms with Crippen LogP contribution in [0.2, 0.25) is 0 Å². The summed E-state index contributed by atoms with van der Waals surface area (Å²) in [5.41, 5.74) is 1.10. The van der Waals surface area contributed by atoms with Crippen LogP contribution in [0.5, 0.6) is 0 Å². The van der Waals surface area contributed by atoms with Crippen molar-refractivity contribution in [3.05, 3.63) is 11.4 Å². The number of sulfonamides is 1. The number of aromatic nitrogens is 2. The Morgan fingerprint density at radius 2 is 2.10 bits per heavy atom. The Labute approximate surface area is 125 Å². The van der Waals surface area contributed by atoms with Crippen LogP contribution in [0.25, 0.3) is 0 Å². The number of nitrogens with one attached hydrogen (secondary N) is 1. The lowest BCUT2D eigenvalue weighted by Gasteiger charge is -2.13. The van der Waals surface area contributed by atoms with Crippen LogP contribution in [-0.4, -0.2) is 48.0 Å². The Bertz CT molecular complexity index is 540. The van der Waals surface area contributed by atoms with Gasteiger partial charge in [-0.15, -0.1) is 0 Å². The third-order valence-electron chi connectivity index (χ3n) is 2.88. The van der Waals surface area contributed by atoms with Crippen LogP contribution in [-0.2, 0) is 16.6 Å². The SMILES string of the molecule is CSCC(C)NS(=O)(=O)c1c(C)nn(CCCO)c1C. The Balaban J connectivity index is 3.03. The van der Waals surface area contributed by atoms with E-state index in [1.807, 2.05) is 13.2 Å². The molecule has 0 saturated heterocycles. The van der Waals surface area contributed by atoms with Gasteiger partial charge in [-0.25, -0.2) is 13.1 Å². The first kappa shape index (κ1) is 17.5. The molecule has 0 amide bonds. The Kier molecular flexibility index (Phi) is 6.50.